The van der Waals surface area contributed by atoms with E-state index in [2.05, 4.69) is 9.97 Å². The van der Waals surface area contributed by atoms with Crippen molar-refractivity contribution in [1.29, 1.82) is 0 Å². The number of ether oxygens (including phenoxy) is 1. The molecule has 0 spiro atoms. The van der Waals surface area contributed by atoms with Gasteiger partial charge >= 0.3 is 0 Å². The number of aryl methyl sites for hydroxylation is 1. The zero-order valence-electron chi connectivity index (χ0n) is 10.2. The molecule has 0 radical (unpaired) electrons. The molecule has 1 heterocycles. The number of aromatic amines is 1. The second-order valence-corrected chi connectivity index (χ2v) is 4.85. The number of halogens is 1. The van der Waals surface area contributed by atoms with Crippen LogP contribution in [0.15, 0.2) is 29.1 Å². The third-order valence-corrected chi connectivity index (χ3v) is 3.72. The summed E-state index contributed by atoms with van der Waals surface area (Å²) in [5, 5.41) is 0. The van der Waals surface area contributed by atoms with Gasteiger partial charge in [0.2, 0.25) is 0 Å². The number of nitrogens with one attached hydrogen (secondary N) is 1. The molecule has 0 saturated heterocycles. The molecule has 0 fully saturated rings. The second kappa shape index (κ2) is 5.51. The highest BCUT2D eigenvalue weighted by Crippen LogP contribution is 2.20. The van der Waals surface area contributed by atoms with Crippen LogP contribution in [0.25, 0.3) is 11.4 Å². The highest BCUT2D eigenvalue weighted by atomic mass is 127. The minimum Gasteiger partial charge on any atom is -0.494 e. The summed E-state index contributed by atoms with van der Waals surface area (Å²) < 4.78 is 6.05. The van der Waals surface area contributed by atoms with Crippen molar-refractivity contribution in [3.8, 4) is 17.1 Å². The Morgan fingerprint density at radius 3 is 2.89 bits per heavy atom. The summed E-state index contributed by atoms with van der Waals surface area (Å²) in [5.74, 6) is 1.34. The maximum atomic E-state index is 11.7. The summed E-state index contributed by atoms with van der Waals surface area (Å²) in [6.45, 7) is 4.37. The first-order valence-corrected chi connectivity index (χ1v) is 6.69. The SMILES string of the molecule is CCOc1cccc(-c2nc(C)c(I)c(=O)[nH]2)c1. The lowest BCUT2D eigenvalue weighted by Crippen LogP contribution is -2.14. The van der Waals surface area contributed by atoms with Gasteiger partial charge in [-0.05, 0) is 48.6 Å². The highest BCUT2D eigenvalue weighted by Gasteiger charge is 2.07. The fraction of sp³-hybridized carbons (Fsp3) is 0.231. The van der Waals surface area contributed by atoms with Gasteiger partial charge in [-0.2, -0.15) is 0 Å². The second-order valence-electron chi connectivity index (χ2n) is 3.77. The molecule has 1 aromatic heterocycles. The summed E-state index contributed by atoms with van der Waals surface area (Å²) in [6, 6.07) is 7.53. The number of hydrogen-bond donors (Lipinski definition) is 1. The first kappa shape index (κ1) is 13.1. The van der Waals surface area contributed by atoms with Crippen LogP contribution in [0.1, 0.15) is 12.6 Å². The molecule has 94 valence electrons. The van der Waals surface area contributed by atoms with E-state index in [0.29, 0.717) is 16.0 Å². The smallest absolute Gasteiger partial charge is 0.264 e. The Labute approximate surface area is 119 Å². The van der Waals surface area contributed by atoms with E-state index in [0.717, 1.165) is 17.0 Å². The summed E-state index contributed by atoms with van der Waals surface area (Å²) in [4.78, 5) is 18.9. The van der Waals surface area contributed by atoms with Crippen molar-refractivity contribution in [1.82, 2.24) is 9.97 Å². The lowest BCUT2D eigenvalue weighted by Gasteiger charge is -2.06. The average molecular weight is 356 g/mol. The monoisotopic (exact) mass is 356 g/mol. The van der Waals surface area contributed by atoms with Gasteiger partial charge in [-0.25, -0.2) is 4.98 Å². The first-order valence-electron chi connectivity index (χ1n) is 5.61. The number of aromatic nitrogens is 2. The van der Waals surface area contributed by atoms with Gasteiger partial charge < -0.3 is 9.72 Å². The molecule has 0 aliphatic carbocycles. The van der Waals surface area contributed by atoms with Crippen LogP contribution in [-0.4, -0.2) is 16.6 Å². The lowest BCUT2D eigenvalue weighted by molar-refractivity contribution is 0.340. The Morgan fingerprint density at radius 1 is 1.44 bits per heavy atom. The third-order valence-electron chi connectivity index (χ3n) is 2.45. The van der Waals surface area contributed by atoms with Crippen LogP contribution < -0.4 is 10.3 Å². The maximum Gasteiger partial charge on any atom is 0.264 e. The average Bonchev–Trinajstić information content (AvgIpc) is 2.36. The molecular formula is C13H13IN2O2. The van der Waals surface area contributed by atoms with Gasteiger partial charge in [-0.3, -0.25) is 4.79 Å². The topological polar surface area (TPSA) is 55.0 Å². The third kappa shape index (κ3) is 2.72. The maximum absolute atomic E-state index is 11.7. The van der Waals surface area contributed by atoms with Crippen molar-refractivity contribution < 1.29 is 4.74 Å². The van der Waals surface area contributed by atoms with Crippen molar-refractivity contribution in [2.24, 2.45) is 0 Å². The van der Waals surface area contributed by atoms with Crippen molar-refractivity contribution in [3.63, 3.8) is 0 Å². The highest BCUT2D eigenvalue weighted by molar-refractivity contribution is 14.1. The number of nitrogens with zero attached hydrogens (tertiary/aromatic N) is 1. The minimum absolute atomic E-state index is 0.111. The van der Waals surface area contributed by atoms with E-state index in [9.17, 15) is 4.79 Å². The zero-order valence-corrected chi connectivity index (χ0v) is 12.3. The van der Waals surface area contributed by atoms with Crippen molar-refractivity contribution in [3.05, 3.63) is 43.9 Å². The largest absolute Gasteiger partial charge is 0.494 e. The fourth-order valence-electron chi connectivity index (χ4n) is 1.61. The standard InChI is InChI=1S/C13H13IN2O2/c1-3-18-10-6-4-5-9(7-10)12-15-8(2)11(14)13(17)16-12/h4-7H,3H2,1-2H3,(H,15,16,17). The predicted octanol–water partition coefficient (Wildman–Crippen LogP) is 2.75. The summed E-state index contributed by atoms with van der Waals surface area (Å²) in [6.07, 6.45) is 0. The Kier molecular flexibility index (Phi) is 4.00. The molecule has 0 unspecified atom stereocenters. The Balaban J connectivity index is 2.48. The zero-order chi connectivity index (χ0) is 13.1. The summed E-state index contributed by atoms with van der Waals surface area (Å²) in [5.41, 5.74) is 1.47. The van der Waals surface area contributed by atoms with E-state index in [1.54, 1.807) is 0 Å². The van der Waals surface area contributed by atoms with Gasteiger partial charge in [-0.15, -0.1) is 0 Å². The predicted molar refractivity (Wildman–Crippen MR) is 78.9 cm³/mol. The number of rotatable bonds is 3. The van der Waals surface area contributed by atoms with Gasteiger partial charge in [0.25, 0.3) is 5.56 Å². The molecule has 0 atom stereocenters. The number of benzene rings is 1. The molecule has 1 aromatic carbocycles. The van der Waals surface area contributed by atoms with Gasteiger partial charge in [0, 0.05) is 5.56 Å². The molecule has 0 aliphatic rings. The Hall–Kier alpha value is -1.37. The molecule has 4 nitrogen and oxygen atoms in total. The fourth-order valence-corrected chi connectivity index (χ4v) is 1.86. The van der Waals surface area contributed by atoms with Crippen LogP contribution in [0.4, 0.5) is 0 Å². The van der Waals surface area contributed by atoms with Crippen LogP contribution in [0.2, 0.25) is 0 Å². The summed E-state index contributed by atoms with van der Waals surface area (Å²) in [7, 11) is 0. The molecule has 1 N–H and O–H groups in total. The van der Waals surface area contributed by atoms with Gasteiger partial charge in [0.1, 0.15) is 11.6 Å². The van der Waals surface area contributed by atoms with E-state index < -0.39 is 0 Å². The Bertz CT molecular complexity index is 623. The van der Waals surface area contributed by atoms with E-state index >= 15 is 0 Å². The van der Waals surface area contributed by atoms with Gasteiger partial charge in [0.15, 0.2) is 0 Å². The molecule has 5 heteroatoms. The normalized spacial score (nSPS) is 10.4. The molecule has 2 aromatic rings. The van der Waals surface area contributed by atoms with Crippen molar-refractivity contribution in [2.45, 2.75) is 13.8 Å². The minimum atomic E-state index is -0.111. The van der Waals surface area contributed by atoms with E-state index in [1.165, 1.54) is 0 Å². The molecule has 0 amide bonds. The number of H-pyrrole nitrogens is 1. The van der Waals surface area contributed by atoms with Crippen LogP contribution in [0.3, 0.4) is 0 Å². The molecule has 18 heavy (non-hydrogen) atoms. The van der Waals surface area contributed by atoms with E-state index in [-0.39, 0.29) is 5.56 Å². The van der Waals surface area contributed by atoms with Crippen LogP contribution in [0, 0.1) is 10.5 Å². The number of hydrogen-bond acceptors (Lipinski definition) is 3. The molecular weight excluding hydrogens is 343 g/mol. The Morgan fingerprint density at radius 2 is 2.22 bits per heavy atom. The van der Waals surface area contributed by atoms with Crippen LogP contribution in [-0.2, 0) is 0 Å². The van der Waals surface area contributed by atoms with Crippen LogP contribution in [0.5, 0.6) is 5.75 Å². The van der Waals surface area contributed by atoms with E-state index in [1.807, 2.05) is 60.7 Å². The van der Waals surface area contributed by atoms with Crippen molar-refractivity contribution in [2.75, 3.05) is 6.61 Å². The molecule has 0 bridgehead atoms. The molecule has 2 rings (SSSR count). The van der Waals surface area contributed by atoms with Crippen LogP contribution >= 0.6 is 22.6 Å². The van der Waals surface area contributed by atoms with E-state index in [4.69, 9.17) is 4.74 Å². The lowest BCUT2D eigenvalue weighted by atomic mass is 10.2. The quantitative estimate of drug-likeness (QED) is 0.861. The summed E-state index contributed by atoms with van der Waals surface area (Å²) >= 11 is 1.99. The van der Waals surface area contributed by atoms with Gasteiger partial charge in [0.05, 0.1) is 15.9 Å². The van der Waals surface area contributed by atoms with Crippen molar-refractivity contribution >= 4 is 22.6 Å². The first-order chi connectivity index (χ1) is 8.61. The van der Waals surface area contributed by atoms with Gasteiger partial charge in [-0.1, -0.05) is 12.1 Å². The molecule has 0 saturated carbocycles. The molecule has 0 aliphatic heterocycles.